The van der Waals surface area contributed by atoms with Gasteiger partial charge in [0.25, 0.3) is 0 Å². The molecule has 0 saturated heterocycles. The lowest BCUT2D eigenvalue weighted by molar-refractivity contribution is 0.300. The minimum absolute atomic E-state index is 0.282. The molecule has 1 atom stereocenters. The quantitative estimate of drug-likeness (QED) is 0.742. The summed E-state index contributed by atoms with van der Waals surface area (Å²) < 4.78 is 7.07. The molecule has 1 heterocycles. The van der Waals surface area contributed by atoms with Crippen LogP contribution in [0.5, 0.6) is 5.75 Å². The largest absolute Gasteiger partial charge is 0.489 e. The highest BCUT2D eigenvalue weighted by Crippen LogP contribution is 2.29. The van der Waals surface area contributed by atoms with Crippen molar-refractivity contribution in [1.82, 2.24) is 5.32 Å². The standard InChI is InChI=1S/C16H20BrNOS/c1-3-7-18-12(2)15-9-14(17)4-5-16(15)19-10-13-6-8-20-11-13/h4-6,8-9,11-12,18H,3,7,10H2,1-2H3. The molecule has 0 aliphatic heterocycles. The second kappa shape index (κ2) is 7.81. The van der Waals surface area contributed by atoms with Gasteiger partial charge in [0.1, 0.15) is 12.4 Å². The van der Waals surface area contributed by atoms with E-state index in [2.05, 4.69) is 58.0 Å². The molecule has 0 aliphatic carbocycles. The van der Waals surface area contributed by atoms with E-state index in [-0.39, 0.29) is 6.04 Å². The van der Waals surface area contributed by atoms with Crippen molar-refractivity contribution >= 4 is 27.3 Å². The highest BCUT2D eigenvalue weighted by atomic mass is 79.9. The van der Waals surface area contributed by atoms with Crippen LogP contribution in [0.1, 0.15) is 37.4 Å². The van der Waals surface area contributed by atoms with Gasteiger partial charge in [0.2, 0.25) is 0 Å². The van der Waals surface area contributed by atoms with E-state index < -0.39 is 0 Å². The van der Waals surface area contributed by atoms with E-state index in [1.807, 2.05) is 12.1 Å². The summed E-state index contributed by atoms with van der Waals surface area (Å²) in [5, 5.41) is 7.71. The molecule has 0 saturated carbocycles. The van der Waals surface area contributed by atoms with E-state index in [1.165, 1.54) is 11.1 Å². The maximum Gasteiger partial charge on any atom is 0.124 e. The fourth-order valence-electron chi connectivity index (χ4n) is 2.00. The van der Waals surface area contributed by atoms with Crippen LogP contribution in [-0.4, -0.2) is 6.54 Å². The number of halogens is 1. The van der Waals surface area contributed by atoms with Crippen LogP contribution >= 0.6 is 27.3 Å². The van der Waals surface area contributed by atoms with Gasteiger partial charge in [0.05, 0.1) is 0 Å². The molecule has 1 aromatic heterocycles. The molecule has 1 aromatic carbocycles. The number of benzene rings is 1. The van der Waals surface area contributed by atoms with Crippen molar-refractivity contribution < 1.29 is 4.74 Å². The van der Waals surface area contributed by atoms with E-state index in [1.54, 1.807) is 11.3 Å². The highest BCUT2D eigenvalue weighted by molar-refractivity contribution is 9.10. The number of thiophene rings is 1. The van der Waals surface area contributed by atoms with Crippen LogP contribution in [0, 0.1) is 0 Å². The normalized spacial score (nSPS) is 12.3. The van der Waals surface area contributed by atoms with Crippen molar-refractivity contribution in [3.63, 3.8) is 0 Å². The van der Waals surface area contributed by atoms with Crippen LogP contribution in [0.4, 0.5) is 0 Å². The summed E-state index contributed by atoms with van der Waals surface area (Å²) in [6.07, 6.45) is 1.13. The highest BCUT2D eigenvalue weighted by Gasteiger charge is 2.12. The predicted octanol–water partition coefficient (Wildman–Crippen LogP) is 5.15. The third kappa shape index (κ3) is 4.33. The van der Waals surface area contributed by atoms with Crippen molar-refractivity contribution in [1.29, 1.82) is 0 Å². The minimum Gasteiger partial charge on any atom is -0.489 e. The Bertz CT molecular complexity index is 527. The molecule has 2 rings (SSSR count). The van der Waals surface area contributed by atoms with Crippen molar-refractivity contribution in [2.75, 3.05) is 6.54 Å². The van der Waals surface area contributed by atoms with Gasteiger partial charge in [-0.2, -0.15) is 11.3 Å². The third-order valence-electron chi connectivity index (χ3n) is 3.11. The topological polar surface area (TPSA) is 21.3 Å². The summed E-state index contributed by atoms with van der Waals surface area (Å²) in [7, 11) is 0. The zero-order valence-corrected chi connectivity index (χ0v) is 14.3. The first kappa shape index (κ1) is 15.5. The average molecular weight is 354 g/mol. The van der Waals surface area contributed by atoms with Crippen LogP contribution in [0.3, 0.4) is 0 Å². The van der Waals surface area contributed by atoms with Crippen molar-refractivity contribution in [2.45, 2.75) is 32.9 Å². The predicted molar refractivity (Wildman–Crippen MR) is 89.5 cm³/mol. The summed E-state index contributed by atoms with van der Waals surface area (Å²) in [6.45, 7) is 5.99. The fraction of sp³-hybridized carbons (Fsp3) is 0.375. The monoisotopic (exact) mass is 353 g/mol. The molecule has 0 aliphatic rings. The maximum absolute atomic E-state index is 5.98. The molecule has 1 unspecified atom stereocenters. The first-order chi connectivity index (χ1) is 9.70. The molecular formula is C16H20BrNOS. The van der Waals surface area contributed by atoms with Crippen LogP contribution in [0.2, 0.25) is 0 Å². The number of ether oxygens (including phenoxy) is 1. The first-order valence-electron chi connectivity index (χ1n) is 6.87. The van der Waals surface area contributed by atoms with Gasteiger partial charge in [0, 0.05) is 16.1 Å². The van der Waals surface area contributed by atoms with Gasteiger partial charge in [-0.3, -0.25) is 0 Å². The number of hydrogen-bond acceptors (Lipinski definition) is 3. The number of nitrogens with one attached hydrogen (secondary N) is 1. The second-order valence-corrected chi connectivity index (χ2v) is 6.47. The Morgan fingerprint density at radius 3 is 2.90 bits per heavy atom. The molecule has 108 valence electrons. The second-order valence-electron chi connectivity index (χ2n) is 4.78. The molecular weight excluding hydrogens is 334 g/mol. The smallest absolute Gasteiger partial charge is 0.124 e. The molecule has 20 heavy (non-hydrogen) atoms. The van der Waals surface area contributed by atoms with Gasteiger partial charge in [-0.1, -0.05) is 22.9 Å². The Morgan fingerprint density at radius 1 is 1.35 bits per heavy atom. The van der Waals surface area contributed by atoms with Crippen molar-refractivity contribution in [3.8, 4) is 5.75 Å². The zero-order valence-electron chi connectivity index (χ0n) is 11.9. The molecule has 0 fully saturated rings. The van der Waals surface area contributed by atoms with Gasteiger partial charge >= 0.3 is 0 Å². The molecule has 0 radical (unpaired) electrons. The van der Waals surface area contributed by atoms with E-state index in [0.29, 0.717) is 6.61 Å². The van der Waals surface area contributed by atoms with Gasteiger partial charge < -0.3 is 10.1 Å². The SMILES string of the molecule is CCCNC(C)c1cc(Br)ccc1OCc1ccsc1. The van der Waals surface area contributed by atoms with Gasteiger partial charge in [-0.05, 0) is 60.5 Å². The molecule has 0 spiro atoms. The Labute approximate surface area is 133 Å². The maximum atomic E-state index is 5.98. The van der Waals surface area contributed by atoms with Crippen LogP contribution < -0.4 is 10.1 Å². The lowest BCUT2D eigenvalue weighted by Crippen LogP contribution is -2.20. The molecule has 1 N–H and O–H groups in total. The molecule has 2 nitrogen and oxygen atoms in total. The first-order valence-corrected chi connectivity index (χ1v) is 8.61. The van der Waals surface area contributed by atoms with Crippen LogP contribution in [-0.2, 0) is 6.61 Å². The van der Waals surface area contributed by atoms with E-state index in [4.69, 9.17) is 4.74 Å². The Balaban J connectivity index is 2.10. The number of rotatable bonds is 7. The van der Waals surface area contributed by atoms with Gasteiger partial charge in [-0.25, -0.2) is 0 Å². The van der Waals surface area contributed by atoms with Crippen LogP contribution in [0.15, 0.2) is 39.5 Å². The fourth-order valence-corrected chi connectivity index (χ4v) is 3.03. The molecule has 4 heteroatoms. The Morgan fingerprint density at radius 2 is 2.20 bits per heavy atom. The van der Waals surface area contributed by atoms with Crippen molar-refractivity contribution in [2.24, 2.45) is 0 Å². The number of hydrogen-bond donors (Lipinski definition) is 1. The van der Waals surface area contributed by atoms with Crippen LogP contribution in [0.25, 0.3) is 0 Å². The summed E-state index contributed by atoms with van der Waals surface area (Å²) in [6, 6.07) is 8.58. The van der Waals surface area contributed by atoms with Gasteiger partial charge in [-0.15, -0.1) is 0 Å². The minimum atomic E-state index is 0.282. The Kier molecular flexibility index (Phi) is 6.07. The summed E-state index contributed by atoms with van der Waals surface area (Å²) in [5.41, 5.74) is 2.42. The average Bonchev–Trinajstić information content (AvgIpc) is 2.96. The third-order valence-corrected chi connectivity index (χ3v) is 4.34. The molecule has 0 amide bonds. The lowest BCUT2D eigenvalue weighted by atomic mass is 10.1. The molecule has 0 bridgehead atoms. The zero-order chi connectivity index (χ0) is 14.4. The van der Waals surface area contributed by atoms with E-state index in [9.17, 15) is 0 Å². The lowest BCUT2D eigenvalue weighted by Gasteiger charge is -2.18. The van der Waals surface area contributed by atoms with E-state index >= 15 is 0 Å². The van der Waals surface area contributed by atoms with Crippen molar-refractivity contribution in [3.05, 3.63) is 50.6 Å². The molecule has 2 aromatic rings. The summed E-state index contributed by atoms with van der Waals surface area (Å²) in [5.74, 6) is 0.954. The summed E-state index contributed by atoms with van der Waals surface area (Å²) in [4.78, 5) is 0. The Hall–Kier alpha value is -0.840. The van der Waals surface area contributed by atoms with E-state index in [0.717, 1.165) is 23.2 Å². The van der Waals surface area contributed by atoms with Gasteiger partial charge in [0.15, 0.2) is 0 Å². The summed E-state index contributed by atoms with van der Waals surface area (Å²) >= 11 is 5.24.